The number of nitrogens with zero attached hydrogens (tertiary/aromatic N) is 1. The summed E-state index contributed by atoms with van der Waals surface area (Å²) >= 11 is 0. The van der Waals surface area contributed by atoms with Crippen LogP contribution in [0.3, 0.4) is 0 Å². The van der Waals surface area contributed by atoms with Gasteiger partial charge in [0.1, 0.15) is 0 Å². The maximum Gasteiger partial charge on any atom is 0.337 e. The molecule has 1 N–H and O–H groups in total. The summed E-state index contributed by atoms with van der Waals surface area (Å²) in [5.41, 5.74) is 1.26. The van der Waals surface area contributed by atoms with E-state index in [1.54, 1.807) is 29.2 Å². The van der Waals surface area contributed by atoms with Gasteiger partial charge in [0.15, 0.2) is 0 Å². The summed E-state index contributed by atoms with van der Waals surface area (Å²) in [5, 5.41) is 2.71. The number of carbonyl (C=O) groups is 2. The first-order valence-corrected chi connectivity index (χ1v) is 4.96. The standard InChI is InChI=1S/C11H12N2O3/c1-16-10(14)8-2-4-9(5-3-8)13-7-6-12-11(13)15/h2-5H,6-7H2,1H3,(H,12,15). The number of methoxy groups -OCH3 is 1. The molecule has 0 aliphatic carbocycles. The van der Waals surface area contributed by atoms with Crippen molar-refractivity contribution in [3.8, 4) is 0 Å². The first-order valence-electron chi connectivity index (χ1n) is 4.96. The lowest BCUT2D eigenvalue weighted by atomic mass is 10.2. The predicted octanol–water partition coefficient (Wildman–Crippen LogP) is 1.00. The van der Waals surface area contributed by atoms with Crippen LogP contribution >= 0.6 is 0 Å². The lowest BCUT2D eigenvalue weighted by Gasteiger charge is -2.14. The van der Waals surface area contributed by atoms with Gasteiger partial charge in [0.2, 0.25) is 0 Å². The van der Waals surface area contributed by atoms with Gasteiger partial charge in [-0.3, -0.25) is 4.90 Å². The second kappa shape index (κ2) is 4.22. The Morgan fingerprint density at radius 1 is 1.38 bits per heavy atom. The molecule has 0 radical (unpaired) electrons. The molecule has 84 valence electrons. The van der Waals surface area contributed by atoms with Crippen LogP contribution in [0.2, 0.25) is 0 Å². The Hall–Kier alpha value is -2.04. The highest BCUT2D eigenvalue weighted by Gasteiger charge is 2.21. The fourth-order valence-electron chi connectivity index (χ4n) is 1.61. The normalized spacial score (nSPS) is 14.8. The number of anilines is 1. The van der Waals surface area contributed by atoms with E-state index in [9.17, 15) is 9.59 Å². The third-order valence-electron chi connectivity index (χ3n) is 2.46. The highest BCUT2D eigenvalue weighted by atomic mass is 16.5. The molecule has 0 aromatic heterocycles. The number of benzene rings is 1. The molecular formula is C11H12N2O3. The quantitative estimate of drug-likeness (QED) is 0.756. The number of amides is 2. The molecule has 0 spiro atoms. The van der Waals surface area contributed by atoms with Gasteiger partial charge >= 0.3 is 12.0 Å². The SMILES string of the molecule is COC(=O)c1ccc(N2CCNC2=O)cc1. The van der Waals surface area contributed by atoms with E-state index in [0.717, 1.165) is 5.69 Å². The van der Waals surface area contributed by atoms with Crippen molar-refractivity contribution in [1.82, 2.24) is 5.32 Å². The Morgan fingerprint density at radius 2 is 2.06 bits per heavy atom. The van der Waals surface area contributed by atoms with Crippen molar-refractivity contribution in [2.24, 2.45) is 0 Å². The van der Waals surface area contributed by atoms with Gasteiger partial charge < -0.3 is 10.1 Å². The number of nitrogens with one attached hydrogen (secondary N) is 1. The van der Waals surface area contributed by atoms with Gasteiger partial charge in [-0.2, -0.15) is 0 Å². The van der Waals surface area contributed by atoms with Gasteiger partial charge in [0.25, 0.3) is 0 Å². The molecule has 1 fully saturated rings. The van der Waals surface area contributed by atoms with E-state index >= 15 is 0 Å². The third-order valence-corrected chi connectivity index (χ3v) is 2.46. The van der Waals surface area contributed by atoms with Crippen molar-refractivity contribution in [3.63, 3.8) is 0 Å². The van der Waals surface area contributed by atoms with Gasteiger partial charge in [0.05, 0.1) is 12.7 Å². The molecular weight excluding hydrogens is 208 g/mol. The van der Waals surface area contributed by atoms with E-state index in [-0.39, 0.29) is 12.0 Å². The fourth-order valence-corrected chi connectivity index (χ4v) is 1.61. The van der Waals surface area contributed by atoms with Crippen LogP contribution in [0.4, 0.5) is 10.5 Å². The van der Waals surface area contributed by atoms with Crippen LogP contribution in [-0.4, -0.2) is 32.2 Å². The van der Waals surface area contributed by atoms with E-state index in [4.69, 9.17) is 0 Å². The van der Waals surface area contributed by atoms with Gasteiger partial charge in [0, 0.05) is 18.8 Å². The minimum atomic E-state index is -0.377. The van der Waals surface area contributed by atoms with E-state index in [2.05, 4.69) is 10.1 Å². The smallest absolute Gasteiger partial charge is 0.337 e. The van der Waals surface area contributed by atoms with Crippen LogP contribution in [0.25, 0.3) is 0 Å². The number of esters is 1. The zero-order valence-electron chi connectivity index (χ0n) is 8.90. The van der Waals surface area contributed by atoms with Gasteiger partial charge in [-0.25, -0.2) is 9.59 Å². The van der Waals surface area contributed by atoms with Crippen LogP contribution in [0, 0.1) is 0 Å². The first-order chi connectivity index (χ1) is 7.72. The summed E-state index contributed by atoms with van der Waals surface area (Å²) in [4.78, 5) is 24.2. The molecule has 16 heavy (non-hydrogen) atoms. The highest BCUT2D eigenvalue weighted by Crippen LogP contribution is 2.17. The van der Waals surface area contributed by atoms with Crippen molar-refractivity contribution in [1.29, 1.82) is 0 Å². The van der Waals surface area contributed by atoms with Crippen LogP contribution < -0.4 is 10.2 Å². The largest absolute Gasteiger partial charge is 0.465 e. The molecule has 1 saturated heterocycles. The van der Waals surface area contributed by atoms with Crippen LogP contribution in [0.5, 0.6) is 0 Å². The Bertz CT molecular complexity index is 414. The Labute approximate surface area is 93.0 Å². The summed E-state index contributed by atoms with van der Waals surface area (Å²) in [7, 11) is 1.34. The lowest BCUT2D eigenvalue weighted by Crippen LogP contribution is -2.27. The van der Waals surface area contributed by atoms with Crippen molar-refractivity contribution in [2.75, 3.05) is 25.1 Å². The molecule has 0 bridgehead atoms. The second-order valence-corrected chi connectivity index (χ2v) is 3.42. The van der Waals surface area contributed by atoms with E-state index in [1.165, 1.54) is 7.11 Å². The number of hydrogen-bond acceptors (Lipinski definition) is 3. The Kier molecular flexibility index (Phi) is 2.76. The maximum absolute atomic E-state index is 11.4. The monoisotopic (exact) mass is 220 g/mol. The summed E-state index contributed by atoms with van der Waals surface area (Å²) in [5.74, 6) is -0.377. The molecule has 1 aliphatic rings. The molecule has 1 heterocycles. The summed E-state index contributed by atoms with van der Waals surface area (Å²) in [6.07, 6.45) is 0. The maximum atomic E-state index is 11.4. The molecule has 1 aromatic rings. The predicted molar refractivity (Wildman–Crippen MR) is 58.5 cm³/mol. The van der Waals surface area contributed by atoms with E-state index < -0.39 is 0 Å². The fraction of sp³-hybridized carbons (Fsp3) is 0.273. The zero-order valence-corrected chi connectivity index (χ0v) is 8.90. The molecule has 0 saturated carbocycles. The molecule has 1 aliphatic heterocycles. The molecule has 5 nitrogen and oxygen atoms in total. The van der Waals surface area contributed by atoms with Crippen molar-refractivity contribution < 1.29 is 14.3 Å². The van der Waals surface area contributed by atoms with Crippen molar-refractivity contribution >= 4 is 17.7 Å². The molecule has 0 atom stereocenters. The molecule has 2 rings (SSSR count). The molecule has 2 amide bonds. The average molecular weight is 220 g/mol. The average Bonchev–Trinajstić information content (AvgIpc) is 2.75. The first kappa shape index (κ1) is 10.5. The lowest BCUT2D eigenvalue weighted by molar-refractivity contribution is 0.0601. The number of hydrogen-bond donors (Lipinski definition) is 1. The minimum Gasteiger partial charge on any atom is -0.465 e. The van der Waals surface area contributed by atoms with Crippen LogP contribution in [0.1, 0.15) is 10.4 Å². The number of ether oxygens (including phenoxy) is 1. The number of carbonyl (C=O) groups excluding carboxylic acids is 2. The van der Waals surface area contributed by atoms with Gasteiger partial charge in [-0.15, -0.1) is 0 Å². The summed E-state index contributed by atoms with van der Waals surface area (Å²) in [6, 6.07) is 6.65. The minimum absolute atomic E-state index is 0.106. The van der Waals surface area contributed by atoms with Crippen LogP contribution in [0.15, 0.2) is 24.3 Å². The summed E-state index contributed by atoms with van der Waals surface area (Å²) in [6.45, 7) is 1.30. The van der Waals surface area contributed by atoms with E-state index in [1.807, 2.05) is 0 Å². The van der Waals surface area contributed by atoms with Gasteiger partial charge in [-0.05, 0) is 24.3 Å². The third kappa shape index (κ3) is 1.84. The topological polar surface area (TPSA) is 58.6 Å². The van der Waals surface area contributed by atoms with Gasteiger partial charge in [-0.1, -0.05) is 0 Å². The second-order valence-electron chi connectivity index (χ2n) is 3.42. The van der Waals surface area contributed by atoms with Crippen LogP contribution in [-0.2, 0) is 4.74 Å². The van der Waals surface area contributed by atoms with Crippen molar-refractivity contribution in [3.05, 3.63) is 29.8 Å². The van der Waals surface area contributed by atoms with Crippen molar-refractivity contribution in [2.45, 2.75) is 0 Å². The zero-order chi connectivity index (χ0) is 11.5. The molecule has 5 heteroatoms. The highest BCUT2D eigenvalue weighted by molar-refractivity contribution is 5.95. The Morgan fingerprint density at radius 3 is 2.56 bits per heavy atom. The van der Waals surface area contributed by atoms with E-state index in [0.29, 0.717) is 18.7 Å². The molecule has 1 aromatic carbocycles. The number of urea groups is 1. The molecule has 0 unspecified atom stereocenters. The Balaban J connectivity index is 2.19. The number of rotatable bonds is 2. The summed E-state index contributed by atoms with van der Waals surface area (Å²) < 4.78 is 4.59.